The lowest BCUT2D eigenvalue weighted by molar-refractivity contribution is -0.121. The average molecular weight is 325 g/mol. The maximum Gasteiger partial charge on any atom is 0.387 e. The number of carbonyl (C=O) groups excluding carboxylic acids is 1. The molecule has 1 unspecified atom stereocenters. The summed E-state index contributed by atoms with van der Waals surface area (Å²) in [6.45, 7) is -1.43. The van der Waals surface area contributed by atoms with Crippen LogP contribution >= 0.6 is 0 Å². The zero-order valence-electron chi connectivity index (χ0n) is 12.5. The molecular formula is C16H17F2NO4. The summed E-state index contributed by atoms with van der Waals surface area (Å²) in [6.07, 6.45) is 1.41. The monoisotopic (exact) mass is 325 g/mol. The van der Waals surface area contributed by atoms with Gasteiger partial charge in [0.15, 0.2) is 0 Å². The van der Waals surface area contributed by atoms with Crippen molar-refractivity contribution in [3.8, 4) is 5.75 Å². The molecule has 1 atom stereocenters. The van der Waals surface area contributed by atoms with Crippen LogP contribution < -0.4 is 10.1 Å². The third-order valence-electron chi connectivity index (χ3n) is 3.17. The minimum atomic E-state index is -2.91. The highest BCUT2D eigenvalue weighted by molar-refractivity contribution is 5.78. The smallest absolute Gasteiger partial charge is 0.387 e. The Balaban J connectivity index is 1.90. The van der Waals surface area contributed by atoms with E-state index < -0.39 is 12.2 Å². The first-order valence-electron chi connectivity index (χ1n) is 6.93. The van der Waals surface area contributed by atoms with Crippen LogP contribution in [0.1, 0.15) is 18.2 Å². The molecule has 2 N–H and O–H groups in total. The largest absolute Gasteiger partial charge is 0.466 e. The first-order chi connectivity index (χ1) is 10.9. The fourth-order valence-corrected chi connectivity index (χ4v) is 2.02. The number of aliphatic hydroxyl groups is 1. The summed E-state index contributed by atoms with van der Waals surface area (Å²) in [5.41, 5.74) is -0.807. The van der Waals surface area contributed by atoms with Gasteiger partial charge in [0, 0.05) is 0 Å². The molecule has 7 heteroatoms. The standard InChI is InChI=1S/C16H17F2NO4/c1-16(21,13-6-3-7-22-13)10-19-14(20)9-11-4-2-5-12(8-11)23-15(17)18/h2-8,15,21H,9-10H2,1H3,(H,19,20). The Morgan fingerprint density at radius 2 is 2.17 bits per heavy atom. The van der Waals surface area contributed by atoms with Crippen LogP contribution in [0, 0.1) is 0 Å². The number of amides is 1. The van der Waals surface area contributed by atoms with Gasteiger partial charge in [-0.3, -0.25) is 4.79 Å². The van der Waals surface area contributed by atoms with E-state index in [1.54, 1.807) is 18.2 Å². The second-order valence-electron chi connectivity index (χ2n) is 5.23. The van der Waals surface area contributed by atoms with E-state index in [0.717, 1.165) is 0 Å². The highest BCUT2D eigenvalue weighted by Crippen LogP contribution is 2.20. The Bertz CT molecular complexity index is 641. The number of benzene rings is 1. The highest BCUT2D eigenvalue weighted by atomic mass is 19.3. The second-order valence-corrected chi connectivity index (χ2v) is 5.23. The number of hydrogen-bond donors (Lipinski definition) is 2. The van der Waals surface area contributed by atoms with Crippen molar-refractivity contribution in [2.24, 2.45) is 0 Å². The Labute approximate surface area is 131 Å². The Kier molecular flexibility index (Phi) is 5.33. The average Bonchev–Trinajstić information content (AvgIpc) is 3.00. The summed E-state index contributed by atoms with van der Waals surface area (Å²) in [6, 6.07) is 9.16. The van der Waals surface area contributed by atoms with Gasteiger partial charge in [0.25, 0.3) is 0 Å². The predicted molar refractivity (Wildman–Crippen MR) is 78.1 cm³/mol. The molecule has 1 amide bonds. The third kappa shape index (κ3) is 5.07. The molecule has 0 spiro atoms. The summed E-state index contributed by atoms with van der Waals surface area (Å²) in [7, 11) is 0. The molecule has 0 radical (unpaired) electrons. The zero-order chi connectivity index (χ0) is 16.9. The second kappa shape index (κ2) is 7.23. The van der Waals surface area contributed by atoms with Gasteiger partial charge >= 0.3 is 6.61 Å². The van der Waals surface area contributed by atoms with Crippen molar-refractivity contribution >= 4 is 5.91 Å². The maximum absolute atomic E-state index is 12.2. The van der Waals surface area contributed by atoms with Crippen LogP contribution in [0.3, 0.4) is 0 Å². The van der Waals surface area contributed by atoms with Gasteiger partial charge in [-0.25, -0.2) is 0 Å². The molecule has 0 saturated carbocycles. The molecule has 23 heavy (non-hydrogen) atoms. The topological polar surface area (TPSA) is 71.7 Å². The van der Waals surface area contributed by atoms with Crippen molar-refractivity contribution < 1.29 is 27.8 Å². The van der Waals surface area contributed by atoms with E-state index in [4.69, 9.17) is 4.42 Å². The van der Waals surface area contributed by atoms with Crippen LogP contribution in [0.25, 0.3) is 0 Å². The fourth-order valence-electron chi connectivity index (χ4n) is 2.02. The molecule has 2 aromatic rings. The minimum Gasteiger partial charge on any atom is -0.466 e. The molecule has 2 rings (SSSR count). The summed E-state index contributed by atoms with van der Waals surface area (Å²) in [5.74, 6) is -0.0240. The number of halogens is 2. The van der Waals surface area contributed by atoms with Gasteiger partial charge in [0.2, 0.25) is 5.91 Å². The van der Waals surface area contributed by atoms with Gasteiger partial charge in [-0.1, -0.05) is 12.1 Å². The van der Waals surface area contributed by atoms with Crippen LogP contribution in [0.5, 0.6) is 5.75 Å². The van der Waals surface area contributed by atoms with Crippen molar-refractivity contribution in [3.63, 3.8) is 0 Å². The number of hydrogen-bond acceptors (Lipinski definition) is 4. The molecule has 0 aliphatic carbocycles. The van der Waals surface area contributed by atoms with Crippen molar-refractivity contribution in [2.75, 3.05) is 6.54 Å². The molecule has 5 nitrogen and oxygen atoms in total. The van der Waals surface area contributed by atoms with E-state index in [2.05, 4.69) is 10.1 Å². The summed E-state index contributed by atoms with van der Waals surface area (Å²) in [5, 5.41) is 12.8. The predicted octanol–water partition coefficient (Wildman–Crippen LogP) is 2.45. The van der Waals surface area contributed by atoms with Crippen molar-refractivity contribution in [2.45, 2.75) is 25.6 Å². The number of ether oxygens (including phenoxy) is 1. The van der Waals surface area contributed by atoms with Gasteiger partial charge in [0.05, 0.1) is 19.2 Å². The number of carbonyl (C=O) groups is 1. The Hall–Kier alpha value is -2.41. The van der Waals surface area contributed by atoms with Crippen LogP contribution in [0.2, 0.25) is 0 Å². The quantitative estimate of drug-likeness (QED) is 0.820. The van der Waals surface area contributed by atoms with Crippen molar-refractivity contribution in [3.05, 3.63) is 54.0 Å². The van der Waals surface area contributed by atoms with Gasteiger partial charge in [-0.15, -0.1) is 0 Å². The van der Waals surface area contributed by atoms with Gasteiger partial charge < -0.3 is 19.6 Å². The number of rotatable bonds is 7. The Morgan fingerprint density at radius 1 is 1.39 bits per heavy atom. The molecule has 0 aliphatic rings. The normalized spacial score (nSPS) is 13.6. The first kappa shape index (κ1) is 17.0. The maximum atomic E-state index is 12.2. The van der Waals surface area contributed by atoms with E-state index >= 15 is 0 Å². The Morgan fingerprint density at radius 3 is 2.83 bits per heavy atom. The van der Waals surface area contributed by atoms with Crippen molar-refractivity contribution in [1.82, 2.24) is 5.32 Å². The fraction of sp³-hybridized carbons (Fsp3) is 0.312. The molecule has 1 aromatic carbocycles. The van der Waals surface area contributed by atoms with Gasteiger partial charge in [-0.2, -0.15) is 8.78 Å². The van der Waals surface area contributed by atoms with Crippen LogP contribution in [0.4, 0.5) is 8.78 Å². The summed E-state index contributed by atoms with van der Waals surface area (Å²) in [4.78, 5) is 11.9. The lowest BCUT2D eigenvalue weighted by Crippen LogP contribution is -2.39. The lowest BCUT2D eigenvalue weighted by atomic mass is 10.0. The van der Waals surface area contributed by atoms with Crippen LogP contribution in [0.15, 0.2) is 47.1 Å². The van der Waals surface area contributed by atoms with Gasteiger partial charge in [-0.05, 0) is 36.8 Å². The SMILES string of the molecule is CC(O)(CNC(=O)Cc1cccc(OC(F)F)c1)c1ccco1. The van der Waals surface area contributed by atoms with Crippen LogP contribution in [-0.4, -0.2) is 24.2 Å². The highest BCUT2D eigenvalue weighted by Gasteiger charge is 2.26. The lowest BCUT2D eigenvalue weighted by Gasteiger charge is -2.21. The molecular weight excluding hydrogens is 308 g/mol. The molecule has 0 fully saturated rings. The van der Waals surface area contributed by atoms with E-state index in [1.807, 2.05) is 0 Å². The van der Waals surface area contributed by atoms with Crippen molar-refractivity contribution in [1.29, 1.82) is 0 Å². The zero-order valence-corrected chi connectivity index (χ0v) is 12.5. The first-order valence-corrected chi connectivity index (χ1v) is 6.93. The summed E-state index contributed by atoms with van der Waals surface area (Å²) >= 11 is 0. The molecule has 1 heterocycles. The minimum absolute atomic E-state index is 0.00659. The molecule has 0 saturated heterocycles. The molecule has 124 valence electrons. The van der Waals surface area contributed by atoms with E-state index in [9.17, 15) is 18.7 Å². The molecule has 0 aliphatic heterocycles. The summed E-state index contributed by atoms with van der Waals surface area (Å²) < 4.78 is 33.7. The van der Waals surface area contributed by atoms with Crippen LogP contribution in [-0.2, 0) is 16.8 Å². The number of alkyl halides is 2. The number of nitrogens with one attached hydrogen (secondary N) is 1. The number of furan rings is 1. The third-order valence-corrected chi connectivity index (χ3v) is 3.17. The molecule has 1 aromatic heterocycles. The van der Waals surface area contributed by atoms with E-state index in [-0.39, 0.29) is 24.6 Å². The molecule has 0 bridgehead atoms. The van der Waals surface area contributed by atoms with Gasteiger partial charge in [0.1, 0.15) is 17.1 Å². The van der Waals surface area contributed by atoms with E-state index in [0.29, 0.717) is 11.3 Å². The van der Waals surface area contributed by atoms with E-state index in [1.165, 1.54) is 31.4 Å².